The Morgan fingerprint density at radius 3 is 2.85 bits per heavy atom. The lowest BCUT2D eigenvalue weighted by molar-refractivity contribution is -0.123. The van der Waals surface area contributed by atoms with Gasteiger partial charge in [0.1, 0.15) is 5.75 Å². The summed E-state index contributed by atoms with van der Waals surface area (Å²) in [6.07, 6.45) is 5.57. The monoisotopic (exact) mass is 444 g/mol. The van der Waals surface area contributed by atoms with Gasteiger partial charge in [0.05, 0.1) is 10.7 Å². The van der Waals surface area contributed by atoms with Crippen molar-refractivity contribution in [2.75, 3.05) is 13.2 Å². The van der Waals surface area contributed by atoms with E-state index in [1.165, 1.54) is 23.4 Å². The van der Waals surface area contributed by atoms with Gasteiger partial charge in [-0.1, -0.05) is 28.1 Å². The summed E-state index contributed by atoms with van der Waals surface area (Å²) in [4.78, 5) is 18.2. The van der Waals surface area contributed by atoms with Crippen molar-refractivity contribution in [1.29, 1.82) is 0 Å². The number of amides is 1. The molecule has 140 valence electrons. The van der Waals surface area contributed by atoms with Crippen LogP contribution in [0.2, 0.25) is 0 Å². The minimum absolute atomic E-state index is 0.0242. The number of carbonyl (C=O) groups excluding carboxylic acids is 1. The summed E-state index contributed by atoms with van der Waals surface area (Å²) in [5.74, 6) is 0.597. The number of hydrogen-bond donors (Lipinski definition) is 1. The highest BCUT2D eigenvalue weighted by atomic mass is 79.9. The molecule has 1 aliphatic rings. The fourth-order valence-corrected chi connectivity index (χ4v) is 4.84. The Morgan fingerprint density at radius 2 is 1.96 bits per heavy atom. The van der Waals surface area contributed by atoms with E-state index >= 15 is 0 Å². The molecule has 0 fully saturated rings. The van der Waals surface area contributed by atoms with Gasteiger partial charge in [0.25, 0.3) is 5.91 Å². The van der Waals surface area contributed by atoms with Crippen LogP contribution < -0.4 is 10.1 Å². The minimum atomic E-state index is -0.104. The first-order valence-corrected chi connectivity index (χ1v) is 10.8. The summed E-state index contributed by atoms with van der Waals surface area (Å²) in [7, 11) is 0. The topological polar surface area (TPSA) is 51.2 Å². The molecule has 1 aromatic heterocycles. The Balaban J connectivity index is 1.25. The van der Waals surface area contributed by atoms with Gasteiger partial charge in [0.2, 0.25) is 0 Å². The lowest BCUT2D eigenvalue weighted by Gasteiger charge is -2.08. The van der Waals surface area contributed by atoms with Crippen molar-refractivity contribution in [3.63, 3.8) is 0 Å². The molecule has 1 amide bonds. The van der Waals surface area contributed by atoms with Crippen LogP contribution in [-0.2, 0) is 24.1 Å². The smallest absolute Gasteiger partial charge is 0.257 e. The van der Waals surface area contributed by atoms with E-state index in [0.717, 1.165) is 39.5 Å². The molecule has 0 saturated heterocycles. The van der Waals surface area contributed by atoms with Crippen molar-refractivity contribution in [1.82, 2.24) is 10.3 Å². The Morgan fingerprint density at radius 1 is 1.15 bits per heavy atom. The number of fused-ring (bicyclic) bond motifs is 2. The molecule has 0 bridgehead atoms. The Bertz CT molecular complexity index is 946. The van der Waals surface area contributed by atoms with Gasteiger partial charge in [-0.05, 0) is 60.7 Å². The molecule has 3 aromatic rings. The maximum Gasteiger partial charge on any atom is 0.257 e. The molecule has 27 heavy (non-hydrogen) atoms. The van der Waals surface area contributed by atoms with Gasteiger partial charge in [-0.25, -0.2) is 4.98 Å². The molecule has 4 rings (SSSR count). The molecule has 0 atom stereocenters. The number of aryl methyl sites for hydroxylation is 2. The predicted molar refractivity (Wildman–Crippen MR) is 113 cm³/mol. The lowest BCUT2D eigenvalue weighted by Crippen LogP contribution is -2.30. The molecule has 0 aliphatic heterocycles. The number of rotatable bonds is 6. The van der Waals surface area contributed by atoms with Gasteiger partial charge in [0.15, 0.2) is 6.61 Å². The minimum Gasteiger partial charge on any atom is -0.484 e. The zero-order valence-corrected chi connectivity index (χ0v) is 17.4. The molecule has 6 heteroatoms. The van der Waals surface area contributed by atoms with Crippen LogP contribution in [0.15, 0.2) is 40.9 Å². The van der Waals surface area contributed by atoms with Gasteiger partial charge >= 0.3 is 0 Å². The second kappa shape index (κ2) is 8.40. The third-order valence-corrected chi connectivity index (χ3v) is 6.41. The summed E-state index contributed by atoms with van der Waals surface area (Å²) in [6, 6.07) is 11.9. The lowest BCUT2D eigenvalue weighted by atomic mass is 10.0. The molecule has 0 unspecified atom stereocenters. The molecular weight excluding hydrogens is 424 g/mol. The van der Waals surface area contributed by atoms with Crippen LogP contribution in [0.3, 0.4) is 0 Å². The molecule has 1 aliphatic carbocycles. The highest BCUT2D eigenvalue weighted by molar-refractivity contribution is 9.10. The van der Waals surface area contributed by atoms with E-state index in [1.807, 2.05) is 30.3 Å². The average molecular weight is 445 g/mol. The molecule has 1 heterocycles. The molecule has 0 radical (unpaired) electrons. The molecule has 0 saturated carbocycles. The number of hydrogen-bond acceptors (Lipinski definition) is 4. The van der Waals surface area contributed by atoms with E-state index in [1.54, 1.807) is 11.3 Å². The Hall–Kier alpha value is -1.92. The van der Waals surface area contributed by atoms with Crippen LogP contribution in [0, 0.1) is 0 Å². The van der Waals surface area contributed by atoms with Gasteiger partial charge in [-0.15, -0.1) is 11.3 Å². The molecule has 2 aromatic carbocycles. The fourth-order valence-electron chi connectivity index (χ4n) is 3.31. The average Bonchev–Trinajstić information content (AvgIpc) is 3.09. The zero-order valence-electron chi connectivity index (χ0n) is 15.0. The Labute approximate surface area is 171 Å². The van der Waals surface area contributed by atoms with E-state index in [9.17, 15) is 4.79 Å². The maximum absolute atomic E-state index is 12.1. The summed E-state index contributed by atoms with van der Waals surface area (Å²) in [6.45, 7) is 0.622. The van der Waals surface area contributed by atoms with E-state index < -0.39 is 0 Å². The number of nitrogens with zero attached hydrogens (tertiary/aromatic N) is 1. The van der Waals surface area contributed by atoms with E-state index in [0.29, 0.717) is 12.3 Å². The first-order valence-electron chi connectivity index (χ1n) is 9.24. The van der Waals surface area contributed by atoms with Crippen LogP contribution >= 0.6 is 27.3 Å². The largest absolute Gasteiger partial charge is 0.484 e. The highest BCUT2D eigenvalue weighted by Crippen LogP contribution is 2.27. The van der Waals surface area contributed by atoms with Crippen molar-refractivity contribution < 1.29 is 9.53 Å². The Kier molecular flexibility index (Phi) is 5.74. The van der Waals surface area contributed by atoms with Gasteiger partial charge in [0, 0.05) is 22.3 Å². The predicted octanol–water partition coefficient (Wildman–Crippen LogP) is 4.68. The van der Waals surface area contributed by atoms with Crippen LogP contribution in [-0.4, -0.2) is 24.0 Å². The summed E-state index contributed by atoms with van der Waals surface area (Å²) in [5.41, 5.74) is 1.28. The summed E-state index contributed by atoms with van der Waals surface area (Å²) in [5, 5.41) is 6.27. The number of nitrogens with one attached hydrogen (secondary N) is 1. The number of benzene rings is 2. The SMILES string of the molecule is O=C(COc1ccc2cc(Br)ccc2c1)NCCc1nc2c(s1)CCCC2. The second-order valence-corrected chi connectivity index (χ2v) is 8.81. The van der Waals surface area contributed by atoms with Crippen molar-refractivity contribution >= 4 is 43.9 Å². The fraction of sp³-hybridized carbons (Fsp3) is 0.333. The van der Waals surface area contributed by atoms with E-state index in [2.05, 4.69) is 27.3 Å². The summed E-state index contributed by atoms with van der Waals surface area (Å²) >= 11 is 5.27. The van der Waals surface area contributed by atoms with Crippen molar-refractivity contribution in [2.45, 2.75) is 32.1 Å². The van der Waals surface area contributed by atoms with Gasteiger partial charge in [-0.3, -0.25) is 4.79 Å². The molecule has 0 spiro atoms. The number of carbonyl (C=O) groups is 1. The molecule has 1 N–H and O–H groups in total. The second-order valence-electron chi connectivity index (χ2n) is 6.73. The third-order valence-electron chi connectivity index (χ3n) is 4.69. The van der Waals surface area contributed by atoms with Crippen molar-refractivity contribution in [2.24, 2.45) is 0 Å². The molecular formula is C21H21BrN2O2S. The van der Waals surface area contributed by atoms with Crippen molar-refractivity contribution in [3.8, 4) is 5.75 Å². The van der Waals surface area contributed by atoms with Crippen LogP contribution in [0.25, 0.3) is 10.8 Å². The summed E-state index contributed by atoms with van der Waals surface area (Å²) < 4.78 is 6.68. The molecule has 4 nitrogen and oxygen atoms in total. The van der Waals surface area contributed by atoms with Crippen LogP contribution in [0.4, 0.5) is 0 Å². The van der Waals surface area contributed by atoms with Crippen molar-refractivity contribution in [3.05, 3.63) is 56.4 Å². The standard InChI is InChI=1S/C21H21BrN2O2S/c22-16-7-5-15-12-17(8-6-14(15)11-16)26-13-20(25)23-10-9-21-24-18-3-1-2-4-19(18)27-21/h5-8,11-12H,1-4,9-10,13H2,(H,23,25). The first kappa shape index (κ1) is 18.4. The number of aromatic nitrogens is 1. The van der Waals surface area contributed by atoms with E-state index in [-0.39, 0.29) is 12.5 Å². The number of thiazole rings is 1. The normalized spacial score (nSPS) is 13.4. The zero-order chi connectivity index (χ0) is 18.6. The van der Waals surface area contributed by atoms with Crippen LogP contribution in [0.5, 0.6) is 5.75 Å². The maximum atomic E-state index is 12.1. The highest BCUT2D eigenvalue weighted by Gasteiger charge is 2.15. The quantitative estimate of drug-likeness (QED) is 0.600. The number of halogens is 1. The third kappa shape index (κ3) is 4.68. The number of ether oxygens (including phenoxy) is 1. The van der Waals surface area contributed by atoms with Gasteiger partial charge < -0.3 is 10.1 Å². The van der Waals surface area contributed by atoms with E-state index in [4.69, 9.17) is 9.72 Å². The van der Waals surface area contributed by atoms with Gasteiger partial charge in [-0.2, -0.15) is 0 Å². The van der Waals surface area contributed by atoms with Crippen LogP contribution in [0.1, 0.15) is 28.4 Å². The first-order chi connectivity index (χ1) is 13.2.